The highest BCUT2D eigenvalue weighted by molar-refractivity contribution is 4.93. The molecule has 0 aromatic carbocycles. The van der Waals surface area contributed by atoms with Crippen molar-refractivity contribution in [2.45, 2.75) is 62.6 Å². The molecule has 0 aromatic rings. The topological polar surface area (TPSA) is 58.3 Å². The third kappa shape index (κ3) is 2.47. The minimum Gasteiger partial charge on any atom is -0.389 e. The van der Waals surface area contributed by atoms with Crippen molar-refractivity contribution in [1.82, 2.24) is 5.32 Å². The molecule has 0 aromatic heterocycles. The Hall–Kier alpha value is -0.120. The van der Waals surface area contributed by atoms with Gasteiger partial charge in [-0.25, -0.2) is 0 Å². The molecule has 2 unspecified atom stereocenters. The van der Waals surface area contributed by atoms with Crippen LogP contribution in [0.15, 0.2) is 0 Å². The first-order valence-electron chi connectivity index (χ1n) is 5.89. The SMILES string of the molecule is NC1CCC(O)(CNC2CCCC2)C1. The first-order chi connectivity index (χ1) is 6.68. The van der Waals surface area contributed by atoms with E-state index >= 15 is 0 Å². The molecule has 2 fully saturated rings. The first kappa shape index (κ1) is 10.4. The molecule has 0 amide bonds. The van der Waals surface area contributed by atoms with Gasteiger partial charge in [0, 0.05) is 18.6 Å². The second-order valence-electron chi connectivity index (χ2n) is 5.09. The van der Waals surface area contributed by atoms with E-state index in [1.807, 2.05) is 0 Å². The van der Waals surface area contributed by atoms with Crippen LogP contribution >= 0.6 is 0 Å². The van der Waals surface area contributed by atoms with E-state index < -0.39 is 5.60 Å². The van der Waals surface area contributed by atoms with Crippen LogP contribution in [0.2, 0.25) is 0 Å². The Labute approximate surface area is 86.1 Å². The van der Waals surface area contributed by atoms with Crippen LogP contribution in [0.3, 0.4) is 0 Å². The Morgan fingerprint density at radius 3 is 2.57 bits per heavy atom. The molecule has 0 spiro atoms. The molecule has 0 saturated heterocycles. The molecule has 2 aliphatic carbocycles. The fourth-order valence-corrected chi connectivity index (χ4v) is 2.77. The van der Waals surface area contributed by atoms with Crippen LogP contribution in [0, 0.1) is 0 Å². The number of aliphatic hydroxyl groups is 1. The Morgan fingerprint density at radius 1 is 1.29 bits per heavy atom. The molecule has 2 aliphatic rings. The van der Waals surface area contributed by atoms with Gasteiger partial charge in [-0.2, -0.15) is 0 Å². The summed E-state index contributed by atoms with van der Waals surface area (Å²) in [5.74, 6) is 0. The van der Waals surface area contributed by atoms with Crippen molar-refractivity contribution in [2.75, 3.05) is 6.54 Å². The summed E-state index contributed by atoms with van der Waals surface area (Å²) in [5.41, 5.74) is 5.29. The largest absolute Gasteiger partial charge is 0.389 e. The predicted octanol–water partition coefficient (Wildman–Crippen LogP) is 0.761. The number of nitrogens with one attached hydrogen (secondary N) is 1. The first-order valence-corrected chi connectivity index (χ1v) is 5.89. The lowest BCUT2D eigenvalue weighted by Crippen LogP contribution is -2.42. The Morgan fingerprint density at radius 2 is 2.00 bits per heavy atom. The normalized spacial score (nSPS) is 39.4. The van der Waals surface area contributed by atoms with Crippen molar-refractivity contribution in [1.29, 1.82) is 0 Å². The number of hydrogen-bond donors (Lipinski definition) is 3. The van der Waals surface area contributed by atoms with E-state index in [0.29, 0.717) is 6.04 Å². The Balaban J connectivity index is 1.73. The molecule has 0 radical (unpaired) electrons. The summed E-state index contributed by atoms with van der Waals surface area (Å²) in [4.78, 5) is 0. The fourth-order valence-electron chi connectivity index (χ4n) is 2.77. The molecule has 4 N–H and O–H groups in total. The molecule has 2 rings (SSSR count). The van der Waals surface area contributed by atoms with Crippen LogP contribution in [0.4, 0.5) is 0 Å². The van der Waals surface area contributed by atoms with E-state index in [1.54, 1.807) is 0 Å². The summed E-state index contributed by atoms with van der Waals surface area (Å²) in [6, 6.07) is 0.862. The van der Waals surface area contributed by atoms with Crippen molar-refractivity contribution in [3.05, 3.63) is 0 Å². The third-order valence-corrected chi connectivity index (χ3v) is 3.70. The highest BCUT2D eigenvalue weighted by atomic mass is 16.3. The van der Waals surface area contributed by atoms with Crippen molar-refractivity contribution in [3.63, 3.8) is 0 Å². The van der Waals surface area contributed by atoms with Crippen LogP contribution in [-0.2, 0) is 0 Å². The molecular weight excluding hydrogens is 176 g/mol. The highest BCUT2D eigenvalue weighted by Crippen LogP contribution is 2.28. The van der Waals surface area contributed by atoms with Gasteiger partial charge in [0.15, 0.2) is 0 Å². The minimum absolute atomic E-state index is 0.213. The van der Waals surface area contributed by atoms with Gasteiger partial charge in [-0.3, -0.25) is 0 Å². The van der Waals surface area contributed by atoms with Crippen LogP contribution in [0.5, 0.6) is 0 Å². The smallest absolute Gasteiger partial charge is 0.0786 e. The standard InChI is InChI=1S/C11H22N2O/c12-9-5-6-11(14,7-9)8-13-10-3-1-2-4-10/h9-10,13-14H,1-8,12H2. The lowest BCUT2D eigenvalue weighted by Gasteiger charge is -2.25. The summed E-state index contributed by atoms with van der Waals surface area (Å²) in [7, 11) is 0. The zero-order valence-corrected chi connectivity index (χ0v) is 8.84. The van der Waals surface area contributed by atoms with Crippen LogP contribution in [0.25, 0.3) is 0 Å². The zero-order valence-electron chi connectivity index (χ0n) is 8.84. The minimum atomic E-state index is -0.512. The van der Waals surface area contributed by atoms with Crippen molar-refractivity contribution in [3.8, 4) is 0 Å². The van der Waals surface area contributed by atoms with Crippen molar-refractivity contribution >= 4 is 0 Å². The fraction of sp³-hybridized carbons (Fsp3) is 1.00. The van der Waals surface area contributed by atoms with E-state index in [2.05, 4.69) is 5.32 Å². The van der Waals surface area contributed by atoms with E-state index in [-0.39, 0.29) is 6.04 Å². The summed E-state index contributed by atoms with van der Waals surface area (Å²) in [5, 5.41) is 13.7. The van der Waals surface area contributed by atoms with E-state index in [9.17, 15) is 5.11 Å². The Kier molecular flexibility index (Phi) is 3.10. The average Bonchev–Trinajstić information content (AvgIpc) is 2.73. The van der Waals surface area contributed by atoms with Crippen molar-refractivity contribution < 1.29 is 5.11 Å². The molecule has 2 atom stereocenters. The maximum atomic E-state index is 10.2. The maximum Gasteiger partial charge on any atom is 0.0786 e. The second kappa shape index (κ2) is 4.17. The quantitative estimate of drug-likeness (QED) is 0.627. The van der Waals surface area contributed by atoms with Gasteiger partial charge in [0.05, 0.1) is 5.60 Å². The van der Waals surface area contributed by atoms with E-state index in [1.165, 1.54) is 25.7 Å². The van der Waals surface area contributed by atoms with Gasteiger partial charge in [0.25, 0.3) is 0 Å². The monoisotopic (exact) mass is 198 g/mol. The third-order valence-electron chi connectivity index (χ3n) is 3.70. The van der Waals surface area contributed by atoms with Gasteiger partial charge in [-0.15, -0.1) is 0 Å². The highest BCUT2D eigenvalue weighted by Gasteiger charge is 2.35. The molecule has 3 heteroatoms. The van der Waals surface area contributed by atoms with Gasteiger partial charge in [0.1, 0.15) is 0 Å². The van der Waals surface area contributed by atoms with Gasteiger partial charge >= 0.3 is 0 Å². The van der Waals surface area contributed by atoms with Crippen molar-refractivity contribution in [2.24, 2.45) is 5.73 Å². The number of rotatable bonds is 3. The molecule has 3 nitrogen and oxygen atoms in total. The maximum absolute atomic E-state index is 10.2. The zero-order chi connectivity index (χ0) is 10.0. The van der Waals surface area contributed by atoms with Gasteiger partial charge < -0.3 is 16.2 Å². The predicted molar refractivity (Wildman–Crippen MR) is 57.0 cm³/mol. The van der Waals surface area contributed by atoms with Crippen LogP contribution in [-0.4, -0.2) is 29.3 Å². The van der Waals surface area contributed by atoms with Gasteiger partial charge in [-0.1, -0.05) is 12.8 Å². The lowest BCUT2D eigenvalue weighted by molar-refractivity contribution is 0.0437. The summed E-state index contributed by atoms with van der Waals surface area (Å²) in [6.45, 7) is 0.741. The van der Waals surface area contributed by atoms with Gasteiger partial charge in [0.2, 0.25) is 0 Å². The molecule has 0 aliphatic heterocycles. The second-order valence-corrected chi connectivity index (χ2v) is 5.09. The van der Waals surface area contributed by atoms with Crippen LogP contribution in [0.1, 0.15) is 44.9 Å². The molecule has 82 valence electrons. The van der Waals surface area contributed by atoms with Gasteiger partial charge in [-0.05, 0) is 32.1 Å². The van der Waals surface area contributed by atoms with E-state index in [0.717, 1.165) is 25.8 Å². The van der Waals surface area contributed by atoms with Crippen LogP contribution < -0.4 is 11.1 Å². The molecular formula is C11H22N2O. The number of nitrogens with two attached hydrogens (primary N) is 1. The molecule has 14 heavy (non-hydrogen) atoms. The van der Waals surface area contributed by atoms with E-state index in [4.69, 9.17) is 5.73 Å². The number of hydrogen-bond acceptors (Lipinski definition) is 3. The summed E-state index contributed by atoms with van der Waals surface area (Å²) >= 11 is 0. The summed E-state index contributed by atoms with van der Waals surface area (Å²) in [6.07, 6.45) is 7.86. The Bertz CT molecular complexity index is 192. The summed E-state index contributed by atoms with van der Waals surface area (Å²) < 4.78 is 0. The molecule has 0 bridgehead atoms. The molecule has 2 saturated carbocycles. The lowest BCUT2D eigenvalue weighted by atomic mass is 10.0. The molecule has 0 heterocycles. The average molecular weight is 198 g/mol.